The van der Waals surface area contributed by atoms with Crippen molar-refractivity contribution in [1.82, 2.24) is 4.98 Å². The van der Waals surface area contributed by atoms with Crippen molar-refractivity contribution in [2.45, 2.75) is 5.88 Å². The Bertz CT molecular complexity index is 593. The lowest BCUT2D eigenvalue weighted by Crippen LogP contribution is -1.93. The first-order chi connectivity index (χ1) is 9.15. The third kappa shape index (κ3) is 3.41. The van der Waals surface area contributed by atoms with Crippen molar-refractivity contribution in [1.29, 1.82) is 0 Å². The molecule has 0 atom stereocenters. The molecule has 1 aromatic heterocycles. The molecule has 0 amide bonds. The Morgan fingerprint density at radius 2 is 1.84 bits per heavy atom. The monoisotopic (exact) mass is 405 g/mol. The van der Waals surface area contributed by atoms with Crippen LogP contribution in [0.4, 0.5) is 0 Å². The molecule has 0 fully saturated rings. The minimum Gasteiger partial charge on any atom is -0.496 e. The average Bonchev–Trinajstić information content (AvgIpc) is 2.43. The van der Waals surface area contributed by atoms with Crippen LogP contribution in [0.3, 0.4) is 0 Å². The summed E-state index contributed by atoms with van der Waals surface area (Å²) in [7, 11) is 1.61. The fourth-order valence-electron chi connectivity index (χ4n) is 1.47. The number of nitrogens with zero attached hydrogens (tertiary/aromatic N) is 1. The van der Waals surface area contributed by atoms with Crippen LogP contribution in [-0.4, -0.2) is 12.1 Å². The van der Waals surface area contributed by atoms with Gasteiger partial charge in [-0.3, -0.25) is 4.98 Å². The smallest absolute Gasteiger partial charge is 0.150 e. The Hall–Kier alpha value is -0.780. The van der Waals surface area contributed by atoms with E-state index in [4.69, 9.17) is 21.1 Å². The van der Waals surface area contributed by atoms with E-state index in [-0.39, 0.29) is 0 Å². The summed E-state index contributed by atoms with van der Waals surface area (Å²) in [6.45, 7) is 0. The summed E-state index contributed by atoms with van der Waals surface area (Å²) in [5.74, 6) is 2.39. The van der Waals surface area contributed by atoms with Crippen molar-refractivity contribution in [2.75, 3.05) is 7.11 Å². The van der Waals surface area contributed by atoms with Crippen LogP contribution in [0.5, 0.6) is 17.2 Å². The Kier molecular flexibility index (Phi) is 5.07. The van der Waals surface area contributed by atoms with E-state index in [1.165, 1.54) is 0 Å². The van der Waals surface area contributed by atoms with Gasteiger partial charge in [0.15, 0.2) is 0 Å². The van der Waals surface area contributed by atoms with Gasteiger partial charge >= 0.3 is 0 Å². The summed E-state index contributed by atoms with van der Waals surface area (Å²) in [6.07, 6.45) is 3.33. The number of rotatable bonds is 4. The van der Waals surface area contributed by atoms with Crippen LogP contribution in [0.15, 0.2) is 39.5 Å². The number of aromatic nitrogens is 1. The first-order valence-electron chi connectivity index (χ1n) is 5.35. The first kappa shape index (κ1) is 14.6. The molecule has 6 heteroatoms. The summed E-state index contributed by atoms with van der Waals surface area (Å²) in [4.78, 5) is 4.04. The second-order valence-electron chi connectivity index (χ2n) is 3.64. The molecule has 0 N–H and O–H groups in total. The maximum absolute atomic E-state index is 5.87. The minimum absolute atomic E-state index is 0.368. The van der Waals surface area contributed by atoms with Crippen molar-refractivity contribution >= 4 is 43.5 Å². The van der Waals surface area contributed by atoms with E-state index < -0.39 is 0 Å². The van der Waals surface area contributed by atoms with Crippen molar-refractivity contribution < 1.29 is 9.47 Å². The molecule has 0 saturated heterocycles. The lowest BCUT2D eigenvalue weighted by atomic mass is 10.3. The fraction of sp³-hybridized carbons (Fsp3) is 0.154. The number of halogens is 3. The molecule has 0 aliphatic heterocycles. The second kappa shape index (κ2) is 6.59. The van der Waals surface area contributed by atoms with Gasteiger partial charge in [-0.25, -0.2) is 0 Å². The summed E-state index contributed by atoms with van der Waals surface area (Å²) in [5, 5.41) is 0. The third-order valence-electron chi connectivity index (χ3n) is 2.44. The number of ether oxygens (including phenoxy) is 2. The molecule has 0 spiro atoms. The highest BCUT2D eigenvalue weighted by Gasteiger charge is 2.11. The first-order valence-corrected chi connectivity index (χ1v) is 7.47. The summed E-state index contributed by atoms with van der Waals surface area (Å²) in [6, 6.07) is 5.49. The molecule has 0 aliphatic rings. The van der Waals surface area contributed by atoms with Crippen molar-refractivity contribution in [3.63, 3.8) is 0 Å². The molecule has 2 aromatic rings. The number of pyridine rings is 1. The highest BCUT2D eigenvalue weighted by atomic mass is 79.9. The minimum atomic E-state index is 0.368. The molecule has 0 radical (unpaired) electrons. The van der Waals surface area contributed by atoms with E-state index in [1.807, 2.05) is 18.2 Å². The van der Waals surface area contributed by atoms with Gasteiger partial charge in [0.1, 0.15) is 17.2 Å². The fourth-order valence-corrected chi connectivity index (χ4v) is 2.58. The van der Waals surface area contributed by atoms with E-state index in [0.29, 0.717) is 17.4 Å². The van der Waals surface area contributed by atoms with Crippen LogP contribution in [0.25, 0.3) is 0 Å². The third-order valence-corrected chi connectivity index (χ3v) is 3.97. The predicted octanol–water partition coefficient (Wildman–Crippen LogP) is 5.15. The van der Waals surface area contributed by atoms with E-state index in [2.05, 4.69) is 36.8 Å². The molecule has 0 bridgehead atoms. The number of benzene rings is 1. The van der Waals surface area contributed by atoms with Gasteiger partial charge in [-0.05, 0) is 50.1 Å². The summed E-state index contributed by atoms with van der Waals surface area (Å²) in [5.41, 5.74) is 0.885. The lowest BCUT2D eigenvalue weighted by Gasteiger charge is -2.12. The standard InChI is InChI=1S/C13H10Br2ClNO2/c1-18-11-4-10(15)12(5-9(11)14)19-13-7-17-3-2-8(13)6-16/h2-5,7H,6H2,1H3. The maximum Gasteiger partial charge on any atom is 0.150 e. The van der Waals surface area contributed by atoms with Crippen molar-refractivity contribution in [2.24, 2.45) is 0 Å². The van der Waals surface area contributed by atoms with Gasteiger partial charge in [-0.15, -0.1) is 11.6 Å². The quantitative estimate of drug-likeness (QED) is 0.657. The maximum atomic E-state index is 5.87. The highest BCUT2D eigenvalue weighted by Crippen LogP contribution is 2.38. The van der Waals surface area contributed by atoms with E-state index in [1.54, 1.807) is 19.5 Å². The van der Waals surface area contributed by atoms with Gasteiger partial charge in [0.25, 0.3) is 0 Å². The molecule has 3 nitrogen and oxygen atoms in total. The van der Waals surface area contributed by atoms with Gasteiger partial charge in [0.2, 0.25) is 0 Å². The van der Waals surface area contributed by atoms with Crippen molar-refractivity contribution in [3.8, 4) is 17.2 Å². The van der Waals surface area contributed by atoms with Gasteiger partial charge in [0.05, 0.1) is 28.1 Å². The van der Waals surface area contributed by atoms with Gasteiger partial charge in [0, 0.05) is 11.8 Å². The van der Waals surface area contributed by atoms with Gasteiger partial charge in [-0.2, -0.15) is 0 Å². The molecule has 1 aromatic carbocycles. The average molecular weight is 407 g/mol. The van der Waals surface area contributed by atoms with Crippen molar-refractivity contribution in [3.05, 3.63) is 45.1 Å². The molecule has 2 rings (SSSR count). The van der Waals surface area contributed by atoms with Crippen LogP contribution in [-0.2, 0) is 5.88 Å². The molecular weight excluding hydrogens is 397 g/mol. The molecule has 0 saturated carbocycles. The number of alkyl halides is 1. The number of hydrogen-bond donors (Lipinski definition) is 0. The molecule has 0 unspecified atom stereocenters. The Balaban J connectivity index is 2.36. The van der Waals surface area contributed by atoms with Crippen LogP contribution >= 0.6 is 43.5 Å². The largest absolute Gasteiger partial charge is 0.496 e. The van der Waals surface area contributed by atoms with Crippen LogP contribution in [0.1, 0.15) is 5.56 Å². The van der Waals surface area contributed by atoms with Crippen LogP contribution < -0.4 is 9.47 Å². The zero-order valence-corrected chi connectivity index (χ0v) is 13.9. The molecular formula is C13H10Br2ClNO2. The Morgan fingerprint density at radius 3 is 2.53 bits per heavy atom. The van der Waals surface area contributed by atoms with Crippen LogP contribution in [0.2, 0.25) is 0 Å². The Labute approximate surface area is 133 Å². The Morgan fingerprint density at radius 1 is 1.16 bits per heavy atom. The van der Waals surface area contributed by atoms with Gasteiger partial charge < -0.3 is 9.47 Å². The SMILES string of the molecule is COc1cc(Br)c(Oc2cnccc2CCl)cc1Br. The number of methoxy groups -OCH3 is 1. The van der Waals surface area contributed by atoms with Gasteiger partial charge in [-0.1, -0.05) is 0 Å². The normalized spacial score (nSPS) is 10.3. The molecule has 0 aliphatic carbocycles. The highest BCUT2D eigenvalue weighted by molar-refractivity contribution is 9.11. The second-order valence-corrected chi connectivity index (χ2v) is 5.61. The summed E-state index contributed by atoms with van der Waals surface area (Å²) < 4.78 is 12.6. The molecule has 100 valence electrons. The zero-order chi connectivity index (χ0) is 13.8. The predicted molar refractivity (Wildman–Crippen MR) is 82.3 cm³/mol. The zero-order valence-electron chi connectivity index (χ0n) is 9.99. The van der Waals surface area contributed by atoms with Crippen LogP contribution in [0, 0.1) is 0 Å². The molecule has 19 heavy (non-hydrogen) atoms. The lowest BCUT2D eigenvalue weighted by molar-refractivity contribution is 0.409. The number of hydrogen-bond acceptors (Lipinski definition) is 3. The van der Waals surface area contributed by atoms with E-state index >= 15 is 0 Å². The van der Waals surface area contributed by atoms with E-state index in [0.717, 1.165) is 20.3 Å². The molecule has 1 heterocycles. The summed E-state index contributed by atoms with van der Waals surface area (Å²) >= 11 is 12.7. The van der Waals surface area contributed by atoms with E-state index in [9.17, 15) is 0 Å². The topological polar surface area (TPSA) is 31.4 Å².